The Morgan fingerprint density at radius 3 is 2.39 bits per heavy atom. The van der Waals surface area contributed by atoms with Gasteiger partial charge < -0.3 is 4.74 Å². The number of carbonyl (C=O) groups is 2. The summed E-state index contributed by atoms with van der Waals surface area (Å²) < 4.78 is 36.2. The molecule has 0 aliphatic carbocycles. The van der Waals surface area contributed by atoms with E-state index < -0.39 is 39.3 Å². The first-order valence-corrected chi connectivity index (χ1v) is 14.5. The second kappa shape index (κ2) is 9.92. The maximum absolute atomic E-state index is 14.2. The van der Waals surface area contributed by atoms with Gasteiger partial charge in [0, 0.05) is 17.3 Å². The fraction of sp³-hybridized carbons (Fsp3) is 0.250. The molecule has 2 unspecified atom stereocenters. The van der Waals surface area contributed by atoms with E-state index in [9.17, 15) is 18.0 Å². The Kier molecular flexibility index (Phi) is 6.79. The summed E-state index contributed by atoms with van der Waals surface area (Å²) in [6.45, 7) is 5.30. The number of benzene rings is 2. The van der Waals surface area contributed by atoms with Crippen LogP contribution in [0.1, 0.15) is 31.3 Å². The summed E-state index contributed by atoms with van der Waals surface area (Å²) in [5.74, 6) is -1.59. The number of anilines is 1. The molecule has 3 heterocycles. The van der Waals surface area contributed by atoms with Crippen LogP contribution in [0.15, 0.2) is 90.1 Å². The Labute approximate surface area is 225 Å². The smallest absolute Gasteiger partial charge is 0.331 e. The molecule has 0 N–H and O–H groups in total. The highest BCUT2D eigenvalue weighted by molar-refractivity contribution is 8.01. The highest BCUT2D eigenvalue weighted by Gasteiger charge is 2.48. The van der Waals surface area contributed by atoms with Crippen molar-refractivity contribution >= 4 is 50.3 Å². The second-order valence-electron chi connectivity index (χ2n) is 9.95. The summed E-state index contributed by atoms with van der Waals surface area (Å²) in [7, 11) is -4.11. The number of aromatic nitrogens is 2. The standard InChI is InChI=1S/C28H27N3O5S2/c1-28(2,3)36-27(33)25-22(18-37-30(25)20-11-9-15-29-17-20)26(32)24-16-19-10-7-8-14-23(19)31(24)38(34,35)21-12-5-4-6-13-21/h4-17,22,25H,18H2,1-3H3. The fourth-order valence-corrected chi connectivity index (χ4v) is 7.35. The van der Waals surface area contributed by atoms with Crippen molar-refractivity contribution in [3.63, 3.8) is 0 Å². The molecule has 4 aromatic rings. The molecular weight excluding hydrogens is 522 g/mol. The maximum Gasteiger partial charge on any atom is 0.331 e. The van der Waals surface area contributed by atoms with Crippen LogP contribution in [0, 0.1) is 5.92 Å². The van der Waals surface area contributed by atoms with E-state index in [0.29, 0.717) is 16.6 Å². The third-order valence-corrected chi connectivity index (χ3v) is 9.08. The summed E-state index contributed by atoms with van der Waals surface area (Å²) in [6, 6.07) is 19.1. The topological polar surface area (TPSA) is 98.6 Å². The highest BCUT2D eigenvalue weighted by Crippen LogP contribution is 2.40. The molecule has 8 nitrogen and oxygen atoms in total. The Balaban J connectivity index is 1.63. The van der Waals surface area contributed by atoms with E-state index in [1.165, 1.54) is 24.1 Å². The van der Waals surface area contributed by atoms with Gasteiger partial charge in [0.25, 0.3) is 10.0 Å². The van der Waals surface area contributed by atoms with E-state index >= 15 is 0 Å². The van der Waals surface area contributed by atoms with E-state index in [4.69, 9.17) is 4.74 Å². The molecule has 1 aliphatic heterocycles. The van der Waals surface area contributed by atoms with Crippen molar-refractivity contribution in [2.24, 2.45) is 5.92 Å². The van der Waals surface area contributed by atoms with Crippen molar-refractivity contribution in [3.05, 3.63) is 90.9 Å². The molecule has 2 aromatic carbocycles. The lowest BCUT2D eigenvalue weighted by Gasteiger charge is -2.29. The quantitative estimate of drug-likeness (QED) is 0.189. The van der Waals surface area contributed by atoms with Gasteiger partial charge in [0.1, 0.15) is 17.3 Å². The van der Waals surface area contributed by atoms with Crippen LogP contribution in [0.5, 0.6) is 0 Å². The van der Waals surface area contributed by atoms with Crippen LogP contribution in [0.4, 0.5) is 5.69 Å². The minimum atomic E-state index is -4.11. The zero-order chi connectivity index (χ0) is 27.1. The van der Waals surface area contributed by atoms with E-state index in [1.54, 1.807) is 98.1 Å². The van der Waals surface area contributed by atoms with Gasteiger partial charge in [-0.3, -0.25) is 14.1 Å². The zero-order valence-corrected chi connectivity index (χ0v) is 22.8. The number of esters is 1. The first kappa shape index (κ1) is 26.0. The summed E-state index contributed by atoms with van der Waals surface area (Å²) >= 11 is 1.32. The van der Waals surface area contributed by atoms with Crippen LogP contribution in [0.25, 0.3) is 10.9 Å². The number of rotatable bonds is 6. The van der Waals surface area contributed by atoms with Crippen LogP contribution in [-0.4, -0.2) is 46.5 Å². The molecule has 2 atom stereocenters. The largest absolute Gasteiger partial charge is 0.458 e. The van der Waals surface area contributed by atoms with Crippen LogP contribution in [0.2, 0.25) is 0 Å². The molecule has 1 fully saturated rings. The van der Waals surface area contributed by atoms with Gasteiger partial charge in [-0.05, 0) is 69.1 Å². The van der Waals surface area contributed by atoms with E-state index in [0.717, 1.165) is 3.97 Å². The number of hydrogen-bond donors (Lipinski definition) is 0. The lowest BCUT2D eigenvalue weighted by atomic mass is 9.94. The third-order valence-electron chi connectivity index (χ3n) is 6.11. The number of para-hydroxylation sites is 1. The predicted molar refractivity (Wildman–Crippen MR) is 148 cm³/mol. The molecule has 0 radical (unpaired) electrons. The average Bonchev–Trinajstić information content (AvgIpc) is 3.51. The Bertz CT molecular complexity index is 1600. The number of ketones is 1. The van der Waals surface area contributed by atoms with Gasteiger partial charge in [0.15, 0.2) is 5.78 Å². The van der Waals surface area contributed by atoms with Gasteiger partial charge in [-0.1, -0.05) is 36.4 Å². The molecule has 196 valence electrons. The minimum Gasteiger partial charge on any atom is -0.458 e. The van der Waals surface area contributed by atoms with Gasteiger partial charge in [-0.25, -0.2) is 17.2 Å². The highest BCUT2D eigenvalue weighted by atomic mass is 32.2. The van der Waals surface area contributed by atoms with E-state index in [-0.39, 0.29) is 16.3 Å². The van der Waals surface area contributed by atoms with Crippen molar-refractivity contribution in [1.82, 2.24) is 8.96 Å². The summed E-state index contributed by atoms with van der Waals surface area (Å²) in [5.41, 5.74) is 0.274. The molecule has 0 spiro atoms. The van der Waals surface area contributed by atoms with Crippen LogP contribution in [0.3, 0.4) is 0 Å². The first-order valence-electron chi connectivity index (χ1n) is 12.1. The van der Waals surface area contributed by atoms with Gasteiger partial charge >= 0.3 is 5.97 Å². The van der Waals surface area contributed by atoms with Gasteiger partial charge in [-0.2, -0.15) is 0 Å². The normalized spacial score (nSPS) is 18.0. The number of carbonyl (C=O) groups excluding carboxylic acids is 2. The van der Waals surface area contributed by atoms with Crippen molar-refractivity contribution < 1.29 is 22.7 Å². The lowest BCUT2D eigenvalue weighted by molar-refractivity contribution is -0.156. The second-order valence-corrected chi connectivity index (χ2v) is 12.7. The van der Waals surface area contributed by atoms with E-state index in [1.807, 2.05) is 0 Å². The Morgan fingerprint density at radius 2 is 1.71 bits per heavy atom. The molecule has 38 heavy (non-hydrogen) atoms. The molecular formula is C28H27N3O5S2. The minimum absolute atomic E-state index is 0.00208. The monoisotopic (exact) mass is 549 g/mol. The third kappa shape index (κ3) is 4.81. The average molecular weight is 550 g/mol. The first-order chi connectivity index (χ1) is 18.1. The Morgan fingerprint density at radius 1 is 1.00 bits per heavy atom. The zero-order valence-electron chi connectivity index (χ0n) is 21.1. The molecule has 1 saturated heterocycles. The summed E-state index contributed by atoms with van der Waals surface area (Å²) in [5, 5.41) is 0.610. The fourth-order valence-electron chi connectivity index (χ4n) is 4.50. The molecule has 2 aromatic heterocycles. The van der Waals surface area contributed by atoms with Crippen molar-refractivity contribution in [3.8, 4) is 0 Å². The molecule has 0 amide bonds. The molecule has 10 heteroatoms. The number of Topliss-reactive ketones (excluding diaryl/α,β-unsaturated/α-hetero) is 1. The van der Waals surface area contributed by atoms with Crippen molar-refractivity contribution in [2.45, 2.75) is 37.3 Å². The number of fused-ring (bicyclic) bond motifs is 1. The summed E-state index contributed by atoms with van der Waals surface area (Å²) in [6.07, 6.45) is 3.25. The Hall–Kier alpha value is -3.63. The van der Waals surface area contributed by atoms with Crippen molar-refractivity contribution in [2.75, 3.05) is 10.1 Å². The van der Waals surface area contributed by atoms with E-state index in [2.05, 4.69) is 4.98 Å². The van der Waals surface area contributed by atoms with Crippen LogP contribution < -0.4 is 4.31 Å². The van der Waals surface area contributed by atoms with Crippen LogP contribution >= 0.6 is 11.9 Å². The SMILES string of the molecule is CC(C)(C)OC(=O)C1C(C(=O)c2cc3ccccc3n2S(=O)(=O)c2ccccc2)CSN1c1cccnc1. The number of nitrogens with zero attached hydrogens (tertiary/aromatic N) is 3. The van der Waals surface area contributed by atoms with Crippen molar-refractivity contribution in [1.29, 1.82) is 0 Å². The number of pyridine rings is 1. The van der Waals surface area contributed by atoms with Gasteiger partial charge in [0.05, 0.1) is 28.2 Å². The maximum atomic E-state index is 14.2. The lowest BCUT2D eigenvalue weighted by Crippen LogP contribution is -2.45. The molecule has 0 saturated carbocycles. The molecule has 1 aliphatic rings. The predicted octanol–water partition coefficient (Wildman–Crippen LogP) is 4.95. The number of ether oxygens (including phenoxy) is 1. The molecule has 0 bridgehead atoms. The van der Waals surface area contributed by atoms with Gasteiger partial charge in [0.2, 0.25) is 0 Å². The summed E-state index contributed by atoms with van der Waals surface area (Å²) in [4.78, 5) is 31.9. The molecule has 5 rings (SSSR count). The van der Waals surface area contributed by atoms with Gasteiger partial charge in [-0.15, -0.1) is 0 Å². The van der Waals surface area contributed by atoms with Crippen LogP contribution in [-0.2, 0) is 19.6 Å². The number of hydrogen-bond acceptors (Lipinski definition) is 8.